The third-order valence-electron chi connectivity index (χ3n) is 3.70. The normalized spacial score (nSPS) is 15.8. The Hall–Kier alpha value is -3.19. The fraction of sp³-hybridized carbons (Fsp3) is 0.471. The van der Waals surface area contributed by atoms with Crippen LogP contribution in [0.5, 0.6) is 11.5 Å². The zero-order valence-corrected chi connectivity index (χ0v) is 15.8. The quantitative estimate of drug-likeness (QED) is 0.239. The summed E-state index contributed by atoms with van der Waals surface area (Å²) in [6, 6.07) is 2.43. The summed E-state index contributed by atoms with van der Waals surface area (Å²) in [6.07, 6.45) is -11.6. The number of rotatable bonds is 9. The van der Waals surface area contributed by atoms with Gasteiger partial charge in [-0.05, 0) is 37.1 Å². The van der Waals surface area contributed by atoms with Crippen molar-refractivity contribution in [3.05, 3.63) is 34.2 Å². The lowest BCUT2D eigenvalue weighted by Gasteiger charge is -2.28. The average molecular weight is 460 g/mol. The predicted octanol–water partition coefficient (Wildman–Crippen LogP) is 3.89. The Labute approximate surface area is 170 Å². The summed E-state index contributed by atoms with van der Waals surface area (Å²) in [5.41, 5.74) is -1.16. The Morgan fingerprint density at radius 3 is 2.42 bits per heavy atom. The van der Waals surface area contributed by atoms with Crippen molar-refractivity contribution in [3.63, 3.8) is 0 Å². The summed E-state index contributed by atoms with van der Waals surface area (Å²) in [5.74, 6) is -2.45. The largest absolute Gasteiger partial charge is 0.573 e. The van der Waals surface area contributed by atoms with Crippen molar-refractivity contribution < 1.29 is 60.1 Å². The standard InChI is InChI=1S/C17H16F6NO7/c1-27-24(26)29-7-3-2-6-28-15(25)12-9-10-8-11(31-17(21,22)23)4-5-13(10)30-14(12)16(18,19)20/h4-5,8-9,14H,2-3,6-7H2,1H3/q+1/t14-/m0/s1. The fourth-order valence-electron chi connectivity index (χ4n) is 2.43. The molecule has 0 saturated carbocycles. The molecule has 2 rings (SSSR count). The van der Waals surface area contributed by atoms with Gasteiger partial charge in [0.05, 0.1) is 12.2 Å². The third-order valence-corrected chi connectivity index (χ3v) is 3.70. The minimum atomic E-state index is -5.01. The van der Waals surface area contributed by atoms with Gasteiger partial charge >= 0.3 is 23.6 Å². The van der Waals surface area contributed by atoms with Gasteiger partial charge in [0, 0.05) is 5.56 Å². The molecule has 0 radical (unpaired) electrons. The summed E-state index contributed by atoms with van der Waals surface area (Å²) in [4.78, 5) is 31.5. The van der Waals surface area contributed by atoms with E-state index in [9.17, 15) is 36.0 Å². The van der Waals surface area contributed by atoms with Crippen molar-refractivity contribution in [1.29, 1.82) is 0 Å². The molecular weight excluding hydrogens is 444 g/mol. The summed E-state index contributed by atoms with van der Waals surface area (Å²) in [5, 5.41) is -0.154. The molecule has 0 unspecified atom stereocenters. The van der Waals surface area contributed by atoms with E-state index in [1.54, 1.807) is 0 Å². The highest BCUT2D eigenvalue weighted by atomic mass is 19.4. The first kappa shape index (κ1) is 24.1. The molecule has 0 N–H and O–H groups in total. The van der Waals surface area contributed by atoms with Crippen LogP contribution < -0.4 is 9.47 Å². The Bertz CT molecular complexity index is 837. The van der Waals surface area contributed by atoms with E-state index in [0.29, 0.717) is 0 Å². The number of unbranched alkanes of at least 4 members (excludes halogenated alkanes) is 1. The van der Waals surface area contributed by atoms with Gasteiger partial charge in [0.1, 0.15) is 16.4 Å². The third kappa shape index (κ3) is 7.22. The van der Waals surface area contributed by atoms with Gasteiger partial charge in [-0.25, -0.2) is 4.79 Å². The molecule has 172 valence electrons. The lowest BCUT2D eigenvalue weighted by Crippen LogP contribution is -2.40. The van der Waals surface area contributed by atoms with Gasteiger partial charge in [0.2, 0.25) is 6.10 Å². The van der Waals surface area contributed by atoms with Crippen LogP contribution >= 0.6 is 0 Å². The van der Waals surface area contributed by atoms with Crippen LogP contribution in [0, 0.1) is 4.91 Å². The van der Waals surface area contributed by atoms with Crippen LogP contribution in [-0.4, -0.2) is 50.0 Å². The van der Waals surface area contributed by atoms with E-state index in [1.807, 2.05) is 0 Å². The number of carbonyl (C=O) groups excluding carboxylic acids is 1. The van der Waals surface area contributed by atoms with Crippen LogP contribution in [0.1, 0.15) is 18.4 Å². The van der Waals surface area contributed by atoms with Gasteiger partial charge in [0.15, 0.2) is 13.7 Å². The van der Waals surface area contributed by atoms with Gasteiger partial charge in [-0.3, -0.25) is 0 Å². The lowest BCUT2D eigenvalue weighted by atomic mass is 10.0. The number of hydrogen-bond acceptors (Lipinski definition) is 7. The molecule has 14 heteroatoms. The number of hydrogen-bond donors (Lipinski definition) is 0. The van der Waals surface area contributed by atoms with E-state index < -0.39 is 35.9 Å². The van der Waals surface area contributed by atoms with Crippen LogP contribution in [0.3, 0.4) is 0 Å². The Balaban J connectivity index is 2.10. The number of halogens is 6. The average Bonchev–Trinajstić information content (AvgIpc) is 2.67. The zero-order valence-electron chi connectivity index (χ0n) is 15.8. The molecule has 1 aromatic carbocycles. The molecule has 1 heterocycles. The minimum Gasteiger partial charge on any atom is -0.475 e. The van der Waals surface area contributed by atoms with E-state index in [0.717, 1.165) is 31.4 Å². The molecule has 1 aliphatic heterocycles. The van der Waals surface area contributed by atoms with Crippen LogP contribution in [0.4, 0.5) is 26.3 Å². The smallest absolute Gasteiger partial charge is 0.475 e. The number of nitrogens with zero attached hydrogens (tertiary/aromatic N) is 1. The van der Waals surface area contributed by atoms with E-state index in [2.05, 4.69) is 14.4 Å². The molecule has 0 aromatic heterocycles. The van der Waals surface area contributed by atoms with Gasteiger partial charge < -0.3 is 14.2 Å². The molecule has 31 heavy (non-hydrogen) atoms. The summed E-state index contributed by atoms with van der Waals surface area (Å²) in [6.45, 7) is -0.402. The van der Waals surface area contributed by atoms with Gasteiger partial charge in [-0.15, -0.1) is 13.2 Å². The number of benzene rings is 1. The second-order valence-corrected chi connectivity index (χ2v) is 5.97. The van der Waals surface area contributed by atoms with E-state index in [4.69, 9.17) is 9.47 Å². The second kappa shape index (κ2) is 9.75. The first-order valence-electron chi connectivity index (χ1n) is 8.57. The number of carbonyl (C=O) groups is 1. The minimum absolute atomic E-state index is 0.0960. The molecule has 0 spiro atoms. The summed E-state index contributed by atoms with van der Waals surface area (Å²) in [7, 11) is 1.07. The fourth-order valence-corrected chi connectivity index (χ4v) is 2.43. The molecule has 0 amide bonds. The zero-order chi connectivity index (χ0) is 23.2. The Morgan fingerprint density at radius 2 is 1.81 bits per heavy atom. The second-order valence-electron chi connectivity index (χ2n) is 5.97. The van der Waals surface area contributed by atoms with Gasteiger partial charge in [-0.1, -0.05) is 0 Å². The molecule has 0 aliphatic carbocycles. The van der Waals surface area contributed by atoms with E-state index in [-0.39, 0.29) is 42.5 Å². The van der Waals surface area contributed by atoms with E-state index in [1.165, 1.54) is 0 Å². The lowest BCUT2D eigenvalue weighted by molar-refractivity contribution is -0.977. The molecule has 1 aromatic rings. The highest BCUT2D eigenvalue weighted by Crippen LogP contribution is 2.39. The van der Waals surface area contributed by atoms with Crippen LogP contribution in [0.25, 0.3) is 6.08 Å². The molecule has 8 nitrogen and oxygen atoms in total. The number of fused-ring (bicyclic) bond motifs is 1. The van der Waals surface area contributed by atoms with Crippen molar-refractivity contribution in [2.24, 2.45) is 0 Å². The summed E-state index contributed by atoms with van der Waals surface area (Å²) < 4.78 is 90.4. The van der Waals surface area contributed by atoms with Gasteiger partial charge in [-0.2, -0.15) is 22.8 Å². The summed E-state index contributed by atoms with van der Waals surface area (Å²) >= 11 is 0. The maximum absolute atomic E-state index is 13.3. The molecular formula is C17H16F6NO7+. The maximum Gasteiger partial charge on any atom is 0.573 e. The first-order valence-corrected chi connectivity index (χ1v) is 8.57. The van der Waals surface area contributed by atoms with Crippen LogP contribution in [0.2, 0.25) is 0 Å². The Kier molecular flexibility index (Phi) is 7.57. The van der Waals surface area contributed by atoms with E-state index >= 15 is 0 Å². The van der Waals surface area contributed by atoms with Crippen molar-refractivity contribution >= 4 is 12.0 Å². The maximum atomic E-state index is 13.3. The van der Waals surface area contributed by atoms with Gasteiger partial charge in [0.25, 0.3) is 0 Å². The number of ether oxygens (including phenoxy) is 3. The highest BCUT2D eigenvalue weighted by molar-refractivity contribution is 5.96. The molecule has 1 atom stereocenters. The van der Waals surface area contributed by atoms with Crippen LogP contribution in [0.15, 0.2) is 23.8 Å². The number of alkyl halides is 6. The predicted molar refractivity (Wildman–Crippen MR) is 88.4 cm³/mol. The van der Waals surface area contributed by atoms with Crippen molar-refractivity contribution in [2.75, 3.05) is 20.3 Å². The van der Waals surface area contributed by atoms with Crippen molar-refractivity contribution in [1.82, 2.24) is 0 Å². The first-order chi connectivity index (χ1) is 14.4. The monoisotopic (exact) mass is 460 g/mol. The molecule has 0 bridgehead atoms. The van der Waals surface area contributed by atoms with Crippen LogP contribution in [-0.2, 0) is 19.2 Å². The SMILES string of the molecule is CO[N+](=O)OCCCCOC(=O)C1=Cc2cc(OC(F)(F)F)ccc2O[C@@H]1C(F)(F)F. The Morgan fingerprint density at radius 1 is 1.13 bits per heavy atom. The number of esters is 1. The van der Waals surface area contributed by atoms with Crippen molar-refractivity contribution in [3.8, 4) is 11.5 Å². The topological polar surface area (TPSA) is 83.3 Å². The molecule has 0 fully saturated rings. The molecule has 1 aliphatic rings. The molecule has 0 saturated heterocycles. The van der Waals surface area contributed by atoms with Crippen molar-refractivity contribution in [2.45, 2.75) is 31.5 Å². The highest BCUT2D eigenvalue weighted by Gasteiger charge is 2.49.